The Labute approximate surface area is 167 Å². The van der Waals surface area contributed by atoms with Crippen molar-refractivity contribution in [1.29, 1.82) is 0 Å². The summed E-state index contributed by atoms with van der Waals surface area (Å²) in [6.45, 7) is 2.91. The highest BCUT2D eigenvalue weighted by Gasteiger charge is 2.44. The number of ether oxygens (including phenoxy) is 1. The molecule has 0 amide bonds. The van der Waals surface area contributed by atoms with Gasteiger partial charge in [0.1, 0.15) is 18.2 Å². The molecular weight excluding hydrogens is 372 g/mol. The number of aliphatic hydroxyl groups is 1. The summed E-state index contributed by atoms with van der Waals surface area (Å²) >= 11 is 0. The largest absolute Gasteiger partial charge is 0.380 e. The maximum Gasteiger partial charge on any atom is 0.144 e. The highest BCUT2D eigenvalue weighted by Crippen LogP contribution is 2.47. The minimum absolute atomic E-state index is 0.290. The van der Waals surface area contributed by atoms with Crippen LogP contribution in [0.3, 0.4) is 0 Å². The van der Waals surface area contributed by atoms with Gasteiger partial charge in [0.05, 0.1) is 30.9 Å². The van der Waals surface area contributed by atoms with Crippen molar-refractivity contribution in [3.8, 4) is 11.3 Å². The maximum absolute atomic E-state index is 11.7. The molecule has 1 aliphatic rings. The van der Waals surface area contributed by atoms with Crippen LogP contribution in [-0.2, 0) is 17.1 Å². The van der Waals surface area contributed by atoms with Crippen molar-refractivity contribution in [3.05, 3.63) is 60.6 Å². The normalized spacial score (nSPS) is 18.5. The first kappa shape index (κ1) is 19.2. The van der Waals surface area contributed by atoms with Gasteiger partial charge in [0.25, 0.3) is 0 Å². The second-order valence-corrected chi connectivity index (χ2v) is 13.0. The molecule has 1 aliphatic heterocycles. The quantitative estimate of drug-likeness (QED) is 0.619. The SMILES string of the molecule is CC(O)(c1nccn1COCCS(C)(C)C)C1c2ccccc2-c2cncn21. The van der Waals surface area contributed by atoms with Gasteiger partial charge in [-0.05, 0) is 31.3 Å². The van der Waals surface area contributed by atoms with Gasteiger partial charge in [-0.15, -0.1) is 0 Å². The van der Waals surface area contributed by atoms with E-state index in [1.54, 1.807) is 12.5 Å². The van der Waals surface area contributed by atoms with Crippen molar-refractivity contribution < 1.29 is 9.84 Å². The van der Waals surface area contributed by atoms with E-state index in [9.17, 15) is 5.11 Å². The molecule has 1 aromatic carbocycles. The summed E-state index contributed by atoms with van der Waals surface area (Å²) in [5.74, 6) is 1.65. The molecule has 0 spiro atoms. The zero-order valence-electron chi connectivity index (χ0n) is 16.9. The molecule has 6 nitrogen and oxygen atoms in total. The van der Waals surface area contributed by atoms with Crippen LogP contribution in [0.2, 0.25) is 0 Å². The molecule has 0 bridgehead atoms. The third-order valence-corrected chi connectivity index (χ3v) is 6.64. The topological polar surface area (TPSA) is 65.1 Å². The van der Waals surface area contributed by atoms with Crippen molar-refractivity contribution in [2.75, 3.05) is 31.1 Å². The molecule has 150 valence electrons. The molecule has 1 N–H and O–H groups in total. The second kappa shape index (κ2) is 7.06. The minimum atomic E-state index is -1.22. The molecule has 0 saturated carbocycles. The van der Waals surface area contributed by atoms with Crippen molar-refractivity contribution in [2.45, 2.75) is 25.3 Å². The Balaban J connectivity index is 1.61. The summed E-state index contributed by atoms with van der Waals surface area (Å²) in [7, 11) is -0.587. The number of aromatic nitrogens is 4. The molecule has 3 aromatic rings. The first-order valence-corrected chi connectivity index (χ1v) is 12.4. The lowest BCUT2D eigenvalue weighted by Gasteiger charge is -2.32. The summed E-state index contributed by atoms with van der Waals surface area (Å²) in [6, 6.07) is 7.87. The van der Waals surface area contributed by atoms with Crippen LogP contribution in [0.5, 0.6) is 0 Å². The maximum atomic E-state index is 11.7. The van der Waals surface area contributed by atoms with Crippen LogP contribution in [0, 0.1) is 0 Å². The Kier molecular flexibility index (Phi) is 4.85. The predicted octanol–water partition coefficient (Wildman–Crippen LogP) is 3.23. The highest BCUT2D eigenvalue weighted by molar-refractivity contribution is 8.32. The minimum Gasteiger partial charge on any atom is -0.380 e. The van der Waals surface area contributed by atoms with Gasteiger partial charge >= 0.3 is 0 Å². The van der Waals surface area contributed by atoms with E-state index < -0.39 is 15.6 Å². The number of rotatable bonds is 7. The van der Waals surface area contributed by atoms with Crippen LogP contribution in [0.4, 0.5) is 0 Å². The molecule has 2 aromatic heterocycles. The monoisotopic (exact) mass is 400 g/mol. The lowest BCUT2D eigenvalue weighted by atomic mass is 9.89. The van der Waals surface area contributed by atoms with Gasteiger partial charge in [-0.2, -0.15) is 0 Å². The Bertz CT molecular complexity index is 971. The molecule has 7 heteroatoms. The van der Waals surface area contributed by atoms with Crippen molar-refractivity contribution in [3.63, 3.8) is 0 Å². The van der Waals surface area contributed by atoms with Gasteiger partial charge in [-0.3, -0.25) is 0 Å². The summed E-state index contributed by atoms with van der Waals surface area (Å²) in [4.78, 5) is 8.79. The number of benzene rings is 1. The number of fused-ring (bicyclic) bond motifs is 3. The Hall–Kier alpha value is -2.09. The average molecular weight is 401 g/mol. The van der Waals surface area contributed by atoms with Crippen LogP contribution in [0.1, 0.15) is 24.4 Å². The van der Waals surface area contributed by atoms with Crippen LogP contribution in [-0.4, -0.2) is 55.3 Å². The van der Waals surface area contributed by atoms with E-state index in [0.29, 0.717) is 19.2 Å². The molecule has 3 heterocycles. The van der Waals surface area contributed by atoms with Gasteiger partial charge in [-0.1, -0.05) is 24.3 Å². The van der Waals surface area contributed by atoms with E-state index in [0.717, 1.165) is 22.6 Å². The molecule has 0 aliphatic carbocycles. The molecule has 0 radical (unpaired) electrons. The molecular formula is C21H28N4O2S. The Morgan fingerprint density at radius 2 is 2.04 bits per heavy atom. The van der Waals surface area contributed by atoms with E-state index in [1.807, 2.05) is 40.6 Å². The zero-order chi connectivity index (χ0) is 19.9. The van der Waals surface area contributed by atoms with E-state index in [-0.39, 0.29) is 6.04 Å². The summed E-state index contributed by atoms with van der Waals surface area (Å²) in [6.07, 6.45) is 14.1. The van der Waals surface area contributed by atoms with Gasteiger partial charge in [0.2, 0.25) is 0 Å². The molecule has 2 atom stereocenters. The Morgan fingerprint density at radius 3 is 2.82 bits per heavy atom. The van der Waals surface area contributed by atoms with E-state index in [4.69, 9.17) is 4.74 Å². The van der Waals surface area contributed by atoms with Gasteiger partial charge in [0.15, 0.2) is 0 Å². The standard InChI is InChI=1S/C21H28N4O2S/c1-21(26,20-23-9-10-24(20)15-27-11-12-28(2,3)4)19-17-8-6-5-7-16(17)18-13-22-14-25(18)19/h5-10,13-14,19,26H,11-12,15H2,1-4H3. The number of hydrogen-bond acceptors (Lipinski definition) is 4. The third kappa shape index (κ3) is 3.38. The van der Waals surface area contributed by atoms with E-state index >= 15 is 0 Å². The molecule has 0 saturated heterocycles. The summed E-state index contributed by atoms with van der Waals surface area (Å²) in [5, 5.41) is 11.7. The number of nitrogens with zero attached hydrogens (tertiary/aromatic N) is 4. The van der Waals surface area contributed by atoms with Gasteiger partial charge in [-0.25, -0.2) is 20.0 Å². The fourth-order valence-corrected chi connectivity index (χ4v) is 4.48. The number of imidazole rings is 2. The van der Waals surface area contributed by atoms with Gasteiger partial charge in [0, 0.05) is 23.7 Å². The smallest absolute Gasteiger partial charge is 0.144 e. The zero-order valence-corrected chi connectivity index (χ0v) is 17.7. The fourth-order valence-electron chi connectivity index (χ4n) is 3.86. The lowest BCUT2D eigenvalue weighted by molar-refractivity contribution is -0.00298. The average Bonchev–Trinajstić information content (AvgIpc) is 3.33. The summed E-state index contributed by atoms with van der Waals surface area (Å²) < 4.78 is 9.82. The van der Waals surface area contributed by atoms with Crippen LogP contribution >= 0.6 is 10.0 Å². The third-order valence-electron chi connectivity index (χ3n) is 5.25. The molecule has 4 rings (SSSR count). The van der Waals surface area contributed by atoms with Crippen molar-refractivity contribution in [2.24, 2.45) is 0 Å². The first-order valence-electron chi connectivity index (χ1n) is 9.38. The van der Waals surface area contributed by atoms with E-state index in [1.165, 1.54) is 0 Å². The predicted molar refractivity (Wildman–Crippen MR) is 114 cm³/mol. The lowest BCUT2D eigenvalue weighted by Crippen LogP contribution is -2.36. The second-order valence-electron chi connectivity index (χ2n) is 8.38. The fraction of sp³-hybridized carbons (Fsp3) is 0.429. The van der Waals surface area contributed by atoms with Crippen molar-refractivity contribution in [1.82, 2.24) is 19.1 Å². The molecule has 28 heavy (non-hydrogen) atoms. The highest BCUT2D eigenvalue weighted by atomic mass is 32.3. The van der Waals surface area contributed by atoms with Crippen molar-refractivity contribution >= 4 is 10.0 Å². The first-order chi connectivity index (χ1) is 13.3. The summed E-state index contributed by atoms with van der Waals surface area (Å²) in [5.41, 5.74) is 1.98. The van der Waals surface area contributed by atoms with Crippen LogP contribution < -0.4 is 0 Å². The Morgan fingerprint density at radius 1 is 1.25 bits per heavy atom. The van der Waals surface area contributed by atoms with Gasteiger partial charge < -0.3 is 19.0 Å². The van der Waals surface area contributed by atoms with Crippen LogP contribution in [0.15, 0.2) is 49.2 Å². The van der Waals surface area contributed by atoms with E-state index in [2.05, 4.69) is 40.9 Å². The molecule has 2 unspecified atom stereocenters. The van der Waals surface area contributed by atoms with Crippen LogP contribution in [0.25, 0.3) is 11.3 Å². The molecule has 0 fully saturated rings. The number of hydrogen-bond donors (Lipinski definition) is 1.